The molecule has 0 spiro atoms. The number of ether oxygens (including phenoxy) is 1. The van der Waals surface area contributed by atoms with Gasteiger partial charge in [0, 0.05) is 22.2 Å². The fourth-order valence-corrected chi connectivity index (χ4v) is 3.25. The van der Waals surface area contributed by atoms with Gasteiger partial charge in [0.15, 0.2) is 0 Å². The number of benzene rings is 1. The maximum atomic E-state index is 13.0. The molecule has 0 aliphatic rings. The summed E-state index contributed by atoms with van der Waals surface area (Å²) in [6.45, 7) is 7.58. The Kier molecular flexibility index (Phi) is 4.67. The summed E-state index contributed by atoms with van der Waals surface area (Å²) >= 11 is 6.21. The Labute approximate surface area is 157 Å². The van der Waals surface area contributed by atoms with Gasteiger partial charge in [-0.25, -0.2) is 14.3 Å². The first-order chi connectivity index (χ1) is 12.2. The number of aryl methyl sites for hydroxylation is 1. The molecule has 0 unspecified atom stereocenters. The van der Waals surface area contributed by atoms with Crippen molar-refractivity contribution in [2.45, 2.75) is 39.7 Å². The molecule has 0 aliphatic carbocycles. The van der Waals surface area contributed by atoms with Gasteiger partial charge in [-0.3, -0.25) is 0 Å². The highest BCUT2D eigenvalue weighted by Crippen LogP contribution is 2.36. The average Bonchev–Trinajstić information content (AvgIpc) is 2.86. The first-order valence-corrected chi connectivity index (χ1v) is 8.87. The predicted octanol–water partition coefficient (Wildman–Crippen LogP) is 5.28. The topological polar surface area (TPSA) is 70.1 Å². The van der Waals surface area contributed by atoms with E-state index in [1.54, 1.807) is 22.9 Å². The third kappa shape index (κ3) is 3.40. The number of rotatable bonds is 2. The Morgan fingerprint density at radius 3 is 2.62 bits per heavy atom. The van der Waals surface area contributed by atoms with Crippen molar-refractivity contribution in [2.75, 3.05) is 5.73 Å². The number of carbonyl (C=O) groups is 1. The number of anilines is 1. The number of nitrogens with two attached hydrogens (primary N) is 1. The zero-order chi connectivity index (χ0) is 19.1. The van der Waals surface area contributed by atoms with Crippen molar-refractivity contribution in [2.24, 2.45) is 0 Å². The SMILES string of the molecule is CCc1c(-c2ccnc(N)c2)n(C(=O)OC(C)(C)C)c2ccc(Cl)cc12. The third-order valence-corrected chi connectivity index (χ3v) is 4.25. The maximum Gasteiger partial charge on any atom is 0.419 e. The van der Waals surface area contributed by atoms with E-state index in [-0.39, 0.29) is 0 Å². The summed E-state index contributed by atoms with van der Waals surface area (Å²) < 4.78 is 7.26. The zero-order valence-corrected chi connectivity index (χ0v) is 16.1. The normalized spacial score (nSPS) is 11.7. The maximum absolute atomic E-state index is 13.0. The average molecular weight is 372 g/mol. The van der Waals surface area contributed by atoms with Gasteiger partial charge in [-0.2, -0.15) is 0 Å². The second-order valence-electron chi connectivity index (χ2n) is 7.13. The molecule has 136 valence electrons. The second-order valence-corrected chi connectivity index (χ2v) is 7.56. The lowest BCUT2D eigenvalue weighted by molar-refractivity contribution is 0.0547. The van der Waals surface area contributed by atoms with Gasteiger partial charge in [0.05, 0.1) is 11.2 Å². The van der Waals surface area contributed by atoms with Gasteiger partial charge >= 0.3 is 6.09 Å². The Morgan fingerprint density at radius 2 is 2.00 bits per heavy atom. The minimum atomic E-state index is -0.610. The van der Waals surface area contributed by atoms with Crippen LogP contribution in [0.1, 0.15) is 33.3 Å². The van der Waals surface area contributed by atoms with Crippen molar-refractivity contribution in [3.8, 4) is 11.3 Å². The van der Waals surface area contributed by atoms with Crippen LogP contribution >= 0.6 is 11.6 Å². The van der Waals surface area contributed by atoms with E-state index in [1.165, 1.54) is 0 Å². The summed E-state index contributed by atoms with van der Waals surface area (Å²) in [6.07, 6.45) is 1.92. The zero-order valence-electron chi connectivity index (χ0n) is 15.3. The fraction of sp³-hybridized carbons (Fsp3) is 0.300. The molecule has 3 aromatic rings. The molecule has 0 radical (unpaired) electrons. The van der Waals surface area contributed by atoms with Crippen molar-refractivity contribution >= 4 is 34.4 Å². The minimum absolute atomic E-state index is 0.392. The summed E-state index contributed by atoms with van der Waals surface area (Å²) in [6, 6.07) is 9.09. The molecule has 2 heterocycles. The van der Waals surface area contributed by atoms with Crippen molar-refractivity contribution in [3.05, 3.63) is 47.1 Å². The van der Waals surface area contributed by atoms with Crippen LogP contribution in [0.5, 0.6) is 0 Å². The highest BCUT2D eigenvalue weighted by molar-refractivity contribution is 6.31. The van der Waals surface area contributed by atoms with E-state index in [9.17, 15) is 4.79 Å². The summed E-state index contributed by atoms with van der Waals surface area (Å²) in [4.78, 5) is 17.1. The van der Waals surface area contributed by atoms with Crippen LogP contribution in [0.2, 0.25) is 5.02 Å². The van der Waals surface area contributed by atoms with E-state index >= 15 is 0 Å². The third-order valence-electron chi connectivity index (χ3n) is 4.02. The van der Waals surface area contributed by atoms with Gasteiger partial charge in [-0.1, -0.05) is 18.5 Å². The summed E-state index contributed by atoms with van der Waals surface area (Å²) in [7, 11) is 0. The van der Waals surface area contributed by atoms with Crippen LogP contribution in [0.4, 0.5) is 10.6 Å². The highest BCUT2D eigenvalue weighted by atomic mass is 35.5. The lowest BCUT2D eigenvalue weighted by atomic mass is 10.0. The fourth-order valence-electron chi connectivity index (χ4n) is 3.08. The van der Waals surface area contributed by atoms with Crippen molar-refractivity contribution < 1.29 is 9.53 Å². The van der Waals surface area contributed by atoms with E-state index in [2.05, 4.69) is 4.98 Å². The van der Waals surface area contributed by atoms with Crippen molar-refractivity contribution in [1.82, 2.24) is 9.55 Å². The van der Waals surface area contributed by atoms with Crippen LogP contribution < -0.4 is 5.73 Å². The Morgan fingerprint density at radius 1 is 1.27 bits per heavy atom. The second kappa shape index (κ2) is 6.65. The molecule has 6 heteroatoms. The molecule has 0 bridgehead atoms. The van der Waals surface area contributed by atoms with Crippen LogP contribution in [-0.4, -0.2) is 21.2 Å². The molecular weight excluding hydrogens is 350 g/mol. The number of fused-ring (bicyclic) bond motifs is 1. The molecule has 0 aliphatic heterocycles. The van der Waals surface area contributed by atoms with Gasteiger partial charge in [0.25, 0.3) is 0 Å². The standard InChI is InChI=1S/C20H22ClN3O2/c1-5-14-15-11-13(21)6-7-16(15)24(19(25)26-20(2,3)4)18(14)12-8-9-23-17(22)10-12/h6-11H,5H2,1-4H3,(H2,22,23). The van der Waals surface area contributed by atoms with E-state index in [4.69, 9.17) is 22.1 Å². The van der Waals surface area contributed by atoms with Crippen LogP contribution in [-0.2, 0) is 11.2 Å². The molecule has 3 rings (SSSR count). The monoisotopic (exact) mass is 371 g/mol. The number of hydrogen-bond donors (Lipinski definition) is 1. The van der Waals surface area contributed by atoms with Gasteiger partial charge in [-0.15, -0.1) is 0 Å². The predicted molar refractivity (Wildman–Crippen MR) is 106 cm³/mol. The van der Waals surface area contributed by atoms with Gasteiger partial charge in [0.1, 0.15) is 11.4 Å². The number of nitrogens with zero attached hydrogens (tertiary/aromatic N) is 2. The summed E-state index contributed by atoms with van der Waals surface area (Å²) in [5, 5.41) is 1.55. The number of nitrogen functional groups attached to an aromatic ring is 1. The van der Waals surface area contributed by atoms with Gasteiger partial charge in [0.2, 0.25) is 0 Å². The minimum Gasteiger partial charge on any atom is -0.443 e. The van der Waals surface area contributed by atoms with E-state index in [0.717, 1.165) is 34.1 Å². The molecule has 1 aromatic carbocycles. The van der Waals surface area contributed by atoms with Crippen LogP contribution in [0.15, 0.2) is 36.5 Å². The summed E-state index contributed by atoms with van der Waals surface area (Å²) in [5.74, 6) is 0.392. The molecule has 2 aromatic heterocycles. The molecular formula is C20H22ClN3O2. The number of pyridine rings is 1. The van der Waals surface area contributed by atoms with Crippen LogP contribution in [0.25, 0.3) is 22.2 Å². The molecule has 0 fully saturated rings. The lowest BCUT2D eigenvalue weighted by Gasteiger charge is -2.21. The largest absolute Gasteiger partial charge is 0.443 e. The molecule has 5 nitrogen and oxygen atoms in total. The lowest BCUT2D eigenvalue weighted by Crippen LogP contribution is -2.27. The van der Waals surface area contributed by atoms with Crippen LogP contribution in [0.3, 0.4) is 0 Å². The molecule has 2 N–H and O–H groups in total. The Bertz CT molecular complexity index is 987. The first-order valence-electron chi connectivity index (χ1n) is 8.49. The molecule has 0 amide bonds. The Hall–Kier alpha value is -2.53. The van der Waals surface area contributed by atoms with E-state index in [0.29, 0.717) is 10.8 Å². The molecule has 0 saturated carbocycles. The number of hydrogen-bond acceptors (Lipinski definition) is 4. The van der Waals surface area contributed by atoms with Gasteiger partial charge < -0.3 is 10.5 Å². The smallest absolute Gasteiger partial charge is 0.419 e. The van der Waals surface area contributed by atoms with E-state index in [1.807, 2.05) is 45.9 Å². The number of aromatic nitrogens is 2. The first kappa shape index (κ1) is 18.3. The Balaban J connectivity index is 2.36. The van der Waals surface area contributed by atoms with Crippen molar-refractivity contribution in [3.63, 3.8) is 0 Å². The molecule has 0 atom stereocenters. The van der Waals surface area contributed by atoms with E-state index < -0.39 is 11.7 Å². The van der Waals surface area contributed by atoms with Crippen LogP contribution in [0, 0.1) is 0 Å². The van der Waals surface area contributed by atoms with Crippen molar-refractivity contribution in [1.29, 1.82) is 0 Å². The molecule has 26 heavy (non-hydrogen) atoms. The van der Waals surface area contributed by atoms with Gasteiger partial charge in [-0.05, 0) is 63.1 Å². The number of halogens is 1. The highest BCUT2D eigenvalue weighted by Gasteiger charge is 2.26. The summed E-state index contributed by atoms with van der Waals surface area (Å²) in [5.41, 5.74) is 8.60. The quantitative estimate of drug-likeness (QED) is 0.664. The number of carbonyl (C=O) groups excluding carboxylic acids is 1. The molecule has 0 saturated heterocycles.